The topological polar surface area (TPSA) is 46.5 Å². The highest BCUT2D eigenvalue weighted by Gasteiger charge is 2.27. The average Bonchev–Trinajstić information content (AvgIpc) is 2.25. The Kier molecular flexibility index (Phi) is 3.76. The molecule has 94 valence electrons. The summed E-state index contributed by atoms with van der Waals surface area (Å²) in [5.41, 5.74) is -0.714. The van der Waals surface area contributed by atoms with E-state index in [-0.39, 0.29) is 0 Å². The highest BCUT2D eigenvalue weighted by molar-refractivity contribution is 5.77. The number of hydrogen-bond donors (Lipinski definition) is 1. The summed E-state index contributed by atoms with van der Waals surface area (Å²) in [7, 11) is 1.42. The van der Waals surface area contributed by atoms with Crippen LogP contribution >= 0.6 is 0 Å². The summed E-state index contributed by atoms with van der Waals surface area (Å²) >= 11 is 0. The van der Waals surface area contributed by atoms with Crippen molar-refractivity contribution in [1.82, 2.24) is 0 Å². The molecule has 0 spiro atoms. The van der Waals surface area contributed by atoms with Crippen molar-refractivity contribution in [3.05, 3.63) is 29.3 Å². The monoisotopic (exact) mass is 240 g/mol. The molecule has 0 aliphatic carbocycles. The predicted molar refractivity (Wildman–Crippen MR) is 63.2 cm³/mol. The molecular weight excluding hydrogens is 223 g/mol. The van der Waals surface area contributed by atoms with Crippen molar-refractivity contribution in [2.24, 2.45) is 0 Å². The molecule has 0 saturated carbocycles. The van der Waals surface area contributed by atoms with Gasteiger partial charge in [-0.05, 0) is 20.8 Å². The summed E-state index contributed by atoms with van der Waals surface area (Å²) in [6, 6.07) is 4.90. The van der Waals surface area contributed by atoms with Crippen molar-refractivity contribution in [2.75, 3.05) is 7.11 Å². The van der Waals surface area contributed by atoms with E-state index in [1.165, 1.54) is 21.0 Å². The maximum atomic E-state index is 14.0. The Hall–Kier alpha value is -1.58. The number of hydrogen-bond acceptors (Lipinski definition) is 2. The van der Waals surface area contributed by atoms with Crippen molar-refractivity contribution in [3.8, 4) is 5.75 Å². The lowest BCUT2D eigenvalue weighted by atomic mass is 9.91. The van der Waals surface area contributed by atoms with Gasteiger partial charge in [0.05, 0.1) is 13.0 Å². The van der Waals surface area contributed by atoms with E-state index in [2.05, 4.69) is 0 Å². The molecule has 0 bridgehead atoms. The van der Waals surface area contributed by atoms with Gasteiger partial charge in [0.25, 0.3) is 0 Å². The van der Waals surface area contributed by atoms with Crippen molar-refractivity contribution in [1.29, 1.82) is 0 Å². The van der Waals surface area contributed by atoms with Gasteiger partial charge in [0.1, 0.15) is 11.4 Å². The van der Waals surface area contributed by atoms with Gasteiger partial charge in [-0.25, -0.2) is 4.39 Å². The number of aliphatic carboxylic acids is 1. The van der Waals surface area contributed by atoms with Crippen LogP contribution in [0.1, 0.15) is 37.8 Å². The van der Waals surface area contributed by atoms with Gasteiger partial charge >= 0.3 is 5.97 Å². The molecule has 0 aromatic heterocycles. The standard InChI is InChI=1S/C13H17FO3/c1-8(12(15)16)9-6-5-7-10(11(9)17-4)13(2,3)14/h5-8H,1-4H3,(H,15,16). The molecule has 1 atom stereocenters. The molecule has 0 saturated heterocycles. The quantitative estimate of drug-likeness (QED) is 0.879. The lowest BCUT2D eigenvalue weighted by molar-refractivity contribution is -0.138. The third-order valence-corrected chi connectivity index (χ3v) is 2.73. The molecule has 17 heavy (non-hydrogen) atoms. The second-order valence-corrected chi connectivity index (χ2v) is 4.46. The molecule has 0 aliphatic rings. The minimum atomic E-state index is -1.57. The Bertz CT molecular complexity index is 421. The number of para-hydroxylation sites is 1. The van der Waals surface area contributed by atoms with Crippen LogP contribution in [-0.2, 0) is 10.5 Å². The van der Waals surface area contributed by atoms with Gasteiger partial charge in [-0.1, -0.05) is 18.2 Å². The van der Waals surface area contributed by atoms with Crippen LogP contribution in [0.4, 0.5) is 4.39 Å². The van der Waals surface area contributed by atoms with Crippen LogP contribution in [0.5, 0.6) is 5.75 Å². The summed E-state index contributed by atoms with van der Waals surface area (Å²) in [6.07, 6.45) is 0. The van der Waals surface area contributed by atoms with Gasteiger partial charge in [0.15, 0.2) is 0 Å². The SMILES string of the molecule is COc1c(C(C)C(=O)O)cccc1C(C)(C)F. The van der Waals surface area contributed by atoms with E-state index in [4.69, 9.17) is 9.84 Å². The lowest BCUT2D eigenvalue weighted by Gasteiger charge is -2.21. The average molecular weight is 240 g/mol. The molecule has 1 rings (SSSR count). The normalized spacial score (nSPS) is 13.2. The molecule has 0 aliphatic heterocycles. The Morgan fingerprint density at radius 1 is 1.47 bits per heavy atom. The number of benzene rings is 1. The van der Waals surface area contributed by atoms with Crippen molar-refractivity contribution < 1.29 is 19.0 Å². The molecule has 0 heterocycles. The fourth-order valence-electron chi connectivity index (χ4n) is 1.72. The third kappa shape index (κ3) is 2.75. The molecule has 4 heteroatoms. The summed E-state index contributed by atoms with van der Waals surface area (Å²) in [5, 5.41) is 9.00. The fourth-order valence-corrected chi connectivity index (χ4v) is 1.72. The number of alkyl halides is 1. The summed E-state index contributed by atoms with van der Waals surface area (Å²) in [4.78, 5) is 11.0. The maximum Gasteiger partial charge on any atom is 0.310 e. The van der Waals surface area contributed by atoms with Gasteiger partial charge < -0.3 is 9.84 Å². The second-order valence-electron chi connectivity index (χ2n) is 4.46. The zero-order valence-electron chi connectivity index (χ0n) is 10.5. The van der Waals surface area contributed by atoms with E-state index >= 15 is 0 Å². The molecule has 0 radical (unpaired) electrons. The summed E-state index contributed by atoms with van der Waals surface area (Å²) in [5.74, 6) is -1.38. The number of halogens is 1. The first-order chi connectivity index (χ1) is 7.79. The van der Waals surface area contributed by atoms with E-state index in [1.54, 1.807) is 25.1 Å². The highest BCUT2D eigenvalue weighted by Crippen LogP contribution is 2.38. The van der Waals surface area contributed by atoms with Gasteiger partial charge in [-0.2, -0.15) is 0 Å². The number of ether oxygens (including phenoxy) is 1. The molecule has 0 amide bonds. The smallest absolute Gasteiger partial charge is 0.310 e. The predicted octanol–water partition coefficient (Wildman–Crippen LogP) is 3.09. The maximum absolute atomic E-state index is 14.0. The fraction of sp³-hybridized carbons (Fsp3) is 0.462. The number of carbonyl (C=O) groups is 1. The van der Waals surface area contributed by atoms with Crippen LogP contribution in [-0.4, -0.2) is 18.2 Å². The first-order valence-corrected chi connectivity index (χ1v) is 5.38. The Morgan fingerprint density at radius 3 is 2.47 bits per heavy atom. The van der Waals surface area contributed by atoms with Crippen molar-refractivity contribution in [3.63, 3.8) is 0 Å². The molecule has 1 aromatic rings. The molecule has 0 fully saturated rings. The van der Waals surface area contributed by atoms with Gasteiger partial charge in [-0.15, -0.1) is 0 Å². The van der Waals surface area contributed by atoms with Crippen molar-refractivity contribution in [2.45, 2.75) is 32.4 Å². The molecular formula is C13H17FO3. The van der Waals surface area contributed by atoms with Crippen LogP contribution < -0.4 is 4.74 Å². The van der Waals surface area contributed by atoms with Crippen molar-refractivity contribution >= 4 is 5.97 Å². The Balaban J connectivity index is 3.39. The number of methoxy groups -OCH3 is 1. The largest absolute Gasteiger partial charge is 0.496 e. The van der Waals surface area contributed by atoms with Crippen LogP contribution in [0.25, 0.3) is 0 Å². The summed E-state index contributed by atoms with van der Waals surface area (Å²) in [6.45, 7) is 4.38. The molecule has 3 nitrogen and oxygen atoms in total. The van der Waals surface area contributed by atoms with Crippen LogP contribution in [0.15, 0.2) is 18.2 Å². The first kappa shape index (κ1) is 13.5. The van der Waals surface area contributed by atoms with E-state index in [1.807, 2.05) is 0 Å². The zero-order valence-corrected chi connectivity index (χ0v) is 10.5. The summed E-state index contributed by atoms with van der Waals surface area (Å²) < 4.78 is 19.2. The minimum Gasteiger partial charge on any atom is -0.496 e. The Morgan fingerprint density at radius 2 is 2.06 bits per heavy atom. The van der Waals surface area contributed by atoms with Gasteiger partial charge in [-0.3, -0.25) is 4.79 Å². The van der Waals surface area contributed by atoms with Gasteiger partial charge in [0.2, 0.25) is 0 Å². The molecule has 1 unspecified atom stereocenters. The first-order valence-electron chi connectivity index (χ1n) is 5.38. The molecule has 1 aromatic carbocycles. The van der Waals surface area contributed by atoms with Crippen LogP contribution in [0, 0.1) is 0 Å². The second kappa shape index (κ2) is 4.73. The third-order valence-electron chi connectivity index (χ3n) is 2.73. The Labute approximate surface area is 100 Å². The molecule has 1 N–H and O–H groups in total. The van der Waals surface area contributed by atoms with E-state index in [0.717, 1.165) is 0 Å². The van der Waals surface area contributed by atoms with Gasteiger partial charge in [0, 0.05) is 11.1 Å². The number of carboxylic acid groups (broad SMARTS) is 1. The van der Waals surface area contributed by atoms with Crippen LogP contribution in [0.2, 0.25) is 0 Å². The van der Waals surface area contributed by atoms with Crippen LogP contribution in [0.3, 0.4) is 0 Å². The van der Waals surface area contributed by atoms with E-state index < -0.39 is 17.6 Å². The number of rotatable bonds is 4. The minimum absolute atomic E-state index is 0.315. The zero-order chi connectivity index (χ0) is 13.2. The van der Waals surface area contributed by atoms with E-state index in [9.17, 15) is 9.18 Å². The van der Waals surface area contributed by atoms with E-state index in [0.29, 0.717) is 16.9 Å². The lowest BCUT2D eigenvalue weighted by Crippen LogP contribution is -2.15. The highest BCUT2D eigenvalue weighted by atomic mass is 19.1. The number of carboxylic acids is 1.